The van der Waals surface area contributed by atoms with E-state index in [1.807, 2.05) is 24.3 Å². The summed E-state index contributed by atoms with van der Waals surface area (Å²) in [4.78, 5) is 12.4. The van der Waals surface area contributed by atoms with Gasteiger partial charge in [0.25, 0.3) is 0 Å². The first-order valence-electron chi connectivity index (χ1n) is 8.62. The number of hydrogen-bond donors (Lipinski definition) is 1. The molecule has 1 amide bonds. The molecule has 3 rings (SSSR count). The molecule has 1 aliphatic carbocycles. The highest BCUT2D eigenvalue weighted by molar-refractivity contribution is 5.77. The van der Waals surface area contributed by atoms with Gasteiger partial charge in [-0.15, -0.1) is 0 Å². The highest BCUT2D eigenvalue weighted by Crippen LogP contribution is 2.44. The van der Waals surface area contributed by atoms with Crippen molar-refractivity contribution >= 4 is 5.91 Å². The van der Waals surface area contributed by atoms with Gasteiger partial charge in [-0.25, -0.2) is 0 Å². The minimum Gasteiger partial charge on any atom is -0.497 e. The zero-order chi connectivity index (χ0) is 16.9. The third-order valence-electron chi connectivity index (χ3n) is 4.75. The molecule has 126 valence electrons. The maximum atomic E-state index is 12.4. The molecule has 0 bridgehead atoms. The standard InChI is InChI=1S/C21H25NO2/c1-15-3-7-17(8-4-15)20(18-9-10-18)13-21(23)22-14-16-5-11-19(24-2)12-6-16/h3-8,11-12,18,20H,9-10,13-14H2,1-2H3,(H,22,23). The largest absolute Gasteiger partial charge is 0.497 e. The van der Waals surface area contributed by atoms with Gasteiger partial charge in [-0.2, -0.15) is 0 Å². The predicted octanol–water partition coefficient (Wildman–Crippen LogP) is 4.20. The lowest BCUT2D eigenvalue weighted by molar-refractivity contribution is -0.121. The molecule has 0 radical (unpaired) electrons. The van der Waals surface area contributed by atoms with Crippen molar-refractivity contribution in [3.8, 4) is 5.75 Å². The molecule has 1 saturated carbocycles. The van der Waals surface area contributed by atoms with Crippen molar-refractivity contribution in [2.45, 2.75) is 38.6 Å². The average molecular weight is 323 g/mol. The lowest BCUT2D eigenvalue weighted by atomic mass is 9.90. The zero-order valence-electron chi connectivity index (χ0n) is 14.4. The van der Waals surface area contributed by atoms with Gasteiger partial charge in [-0.1, -0.05) is 42.0 Å². The number of nitrogens with one attached hydrogen (secondary N) is 1. The second-order valence-corrected chi connectivity index (χ2v) is 6.68. The SMILES string of the molecule is COc1ccc(CNC(=O)CC(c2ccc(C)cc2)C2CC2)cc1. The van der Waals surface area contributed by atoms with Crippen LogP contribution in [-0.4, -0.2) is 13.0 Å². The maximum absolute atomic E-state index is 12.4. The van der Waals surface area contributed by atoms with Gasteiger partial charge in [0.15, 0.2) is 0 Å². The van der Waals surface area contributed by atoms with Crippen LogP contribution in [0, 0.1) is 12.8 Å². The number of aryl methyl sites for hydroxylation is 1. The second-order valence-electron chi connectivity index (χ2n) is 6.68. The van der Waals surface area contributed by atoms with Crippen LogP contribution in [0.5, 0.6) is 5.75 Å². The molecule has 1 unspecified atom stereocenters. The number of rotatable bonds is 7. The smallest absolute Gasteiger partial charge is 0.220 e. The molecule has 1 atom stereocenters. The lowest BCUT2D eigenvalue weighted by Gasteiger charge is -2.17. The van der Waals surface area contributed by atoms with E-state index in [-0.39, 0.29) is 5.91 Å². The Labute approximate surface area is 144 Å². The quantitative estimate of drug-likeness (QED) is 0.829. The summed E-state index contributed by atoms with van der Waals surface area (Å²) in [5.41, 5.74) is 3.64. The third-order valence-corrected chi connectivity index (χ3v) is 4.75. The summed E-state index contributed by atoms with van der Waals surface area (Å²) in [5, 5.41) is 3.05. The molecule has 1 fully saturated rings. The van der Waals surface area contributed by atoms with Crippen LogP contribution >= 0.6 is 0 Å². The molecule has 2 aromatic carbocycles. The Morgan fingerprint density at radius 1 is 1.12 bits per heavy atom. The Bertz CT molecular complexity index is 672. The Morgan fingerprint density at radius 3 is 2.38 bits per heavy atom. The summed E-state index contributed by atoms with van der Waals surface area (Å²) < 4.78 is 5.15. The topological polar surface area (TPSA) is 38.3 Å². The van der Waals surface area contributed by atoms with E-state index in [1.165, 1.54) is 24.0 Å². The van der Waals surface area contributed by atoms with Gasteiger partial charge in [0.1, 0.15) is 5.75 Å². The van der Waals surface area contributed by atoms with Crippen LogP contribution in [-0.2, 0) is 11.3 Å². The van der Waals surface area contributed by atoms with E-state index in [0.29, 0.717) is 24.8 Å². The second kappa shape index (κ2) is 7.52. The molecule has 3 nitrogen and oxygen atoms in total. The van der Waals surface area contributed by atoms with Gasteiger partial charge < -0.3 is 10.1 Å². The highest BCUT2D eigenvalue weighted by atomic mass is 16.5. The van der Waals surface area contributed by atoms with E-state index >= 15 is 0 Å². The maximum Gasteiger partial charge on any atom is 0.220 e. The molecule has 0 aromatic heterocycles. The van der Waals surface area contributed by atoms with Crippen LogP contribution in [0.15, 0.2) is 48.5 Å². The third kappa shape index (κ3) is 4.38. The average Bonchev–Trinajstić information content (AvgIpc) is 3.44. The minimum atomic E-state index is 0.128. The number of methoxy groups -OCH3 is 1. The van der Waals surface area contributed by atoms with Crippen molar-refractivity contribution in [2.75, 3.05) is 7.11 Å². The minimum absolute atomic E-state index is 0.128. The lowest BCUT2D eigenvalue weighted by Crippen LogP contribution is -2.25. The monoisotopic (exact) mass is 323 g/mol. The molecule has 1 N–H and O–H groups in total. The van der Waals surface area contributed by atoms with Crippen LogP contribution in [0.2, 0.25) is 0 Å². The first kappa shape index (κ1) is 16.6. The summed E-state index contributed by atoms with van der Waals surface area (Å²) >= 11 is 0. The van der Waals surface area contributed by atoms with Gasteiger partial charge in [0.2, 0.25) is 5.91 Å². The fourth-order valence-corrected chi connectivity index (χ4v) is 3.08. The molecular formula is C21H25NO2. The number of benzene rings is 2. The number of carbonyl (C=O) groups is 1. The Kier molecular flexibility index (Phi) is 5.19. The zero-order valence-corrected chi connectivity index (χ0v) is 14.4. The van der Waals surface area contributed by atoms with Crippen molar-refractivity contribution in [1.29, 1.82) is 0 Å². The summed E-state index contributed by atoms with van der Waals surface area (Å²) in [7, 11) is 1.65. The van der Waals surface area contributed by atoms with Gasteiger partial charge in [-0.05, 0) is 54.9 Å². The van der Waals surface area contributed by atoms with E-state index in [1.54, 1.807) is 7.11 Å². The van der Waals surface area contributed by atoms with Crippen LogP contribution in [0.25, 0.3) is 0 Å². The first-order valence-corrected chi connectivity index (χ1v) is 8.62. The summed E-state index contributed by atoms with van der Waals surface area (Å²) in [6, 6.07) is 16.4. The van der Waals surface area contributed by atoms with Crippen molar-refractivity contribution in [2.24, 2.45) is 5.92 Å². The number of hydrogen-bond acceptors (Lipinski definition) is 2. The van der Waals surface area contributed by atoms with E-state index < -0.39 is 0 Å². The molecule has 0 heterocycles. The molecular weight excluding hydrogens is 298 g/mol. The molecule has 3 heteroatoms. The van der Waals surface area contributed by atoms with Gasteiger partial charge in [-0.3, -0.25) is 4.79 Å². The molecule has 0 aliphatic heterocycles. The predicted molar refractivity (Wildman–Crippen MR) is 96.1 cm³/mol. The van der Waals surface area contributed by atoms with E-state index in [4.69, 9.17) is 4.74 Å². The Balaban J connectivity index is 1.56. The van der Waals surface area contributed by atoms with Crippen LogP contribution in [0.4, 0.5) is 0 Å². The Hall–Kier alpha value is -2.29. The first-order chi connectivity index (χ1) is 11.7. The van der Waals surface area contributed by atoms with Gasteiger partial charge in [0.05, 0.1) is 7.11 Å². The van der Waals surface area contributed by atoms with Crippen molar-refractivity contribution < 1.29 is 9.53 Å². The molecule has 0 spiro atoms. The molecule has 2 aromatic rings. The van der Waals surface area contributed by atoms with Crippen LogP contribution in [0.3, 0.4) is 0 Å². The molecule has 1 aliphatic rings. The number of ether oxygens (including phenoxy) is 1. The molecule has 24 heavy (non-hydrogen) atoms. The van der Waals surface area contributed by atoms with Crippen molar-refractivity contribution in [3.05, 3.63) is 65.2 Å². The normalized spacial score (nSPS) is 14.9. The van der Waals surface area contributed by atoms with E-state index in [2.05, 4.69) is 36.5 Å². The fourth-order valence-electron chi connectivity index (χ4n) is 3.08. The van der Waals surface area contributed by atoms with Crippen molar-refractivity contribution in [1.82, 2.24) is 5.32 Å². The van der Waals surface area contributed by atoms with Crippen LogP contribution < -0.4 is 10.1 Å². The summed E-state index contributed by atoms with van der Waals surface area (Å²) in [6.45, 7) is 2.66. The highest BCUT2D eigenvalue weighted by Gasteiger charge is 2.33. The summed E-state index contributed by atoms with van der Waals surface area (Å²) in [6.07, 6.45) is 3.05. The summed E-state index contributed by atoms with van der Waals surface area (Å²) in [5.74, 6) is 1.97. The van der Waals surface area contributed by atoms with Crippen LogP contribution in [0.1, 0.15) is 41.9 Å². The van der Waals surface area contributed by atoms with Gasteiger partial charge in [0, 0.05) is 13.0 Å². The van der Waals surface area contributed by atoms with E-state index in [9.17, 15) is 4.79 Å². The number of carbonyl (C=O) groups excluding carboxylic acids is 1. The molecule has 0 saturated heterocycles. The van der Waals surface area contributed by atoms with E-state index in [0.717, 1.165) is 11.3 Å². The van der Waals surface area contributed by atoms with Crippen molar-refractivity contribution in [3.63, 3.8) is 0 Å². The van der Waals surface area contributed by atoms with Gasteiger partial charge >= 0.3 is 0 Å². The fraction of sp³-hybridized carbons (Fsp3) is 0.381. The Morgan fingerprint density at radius 2 is 1.79 bits per heavy atom. The number of amides is 1.